The quantitative estimate of drug-likeness (QED) is 0.835. The van der Waals surface area contributed by atoms with Crippen LogP contribution in [0.1, 0.15) is 18.4 Å². The Hall–Kier alpha value is -0.740. The molecule has 0 radical (unpaired) electrons. The standard InChI is InChI=1S/C11H16N2OS/c14-15(11-3-6-12-7-4-11)9-10-2-1-5-13-8-10/h1-2,5,8,11-12H,3-4,6-7,9H2/t15-/m1/s1. The molecule has 1 atom stereocenters. The molecule has 1 aromatic heterocycles. The van der Waals surface area contributed by atoms with Gasteiger partial charge < -0.3 is 5.32 Å². The molecule has 82 valence electrons. The van der Waals surface area contributed by atoms with Crippen LogP contribution in [0.3, 0.4) is 0 Å². The molecule has 4 heteroatoms. The van der Waals surface area contributed by atoms with Crippen molar-refractivity contribution in [1.29, 1.82) is 0 Å². The van der Waals surface area contributed by atoms with E-state index in [0.29, 0.717) is 11.0 Å². The summed E-state index contributed by atoms with van der Waals surface area (Å²) in [4.78, 5) is 4.04. The second-order valence-electron chi connectivity index (χ2n) is 3.84. The predicted molar refractivity (Wildman–Crippen MR) is 62.0 cm³/mol. The first kappa shape index (κ1) is 10.8. The van der Waals surface area contributed by atoms with Crippen LogP contribution in [-0.4, -0.2) is 27.5 Å². The smallest absolute Gasteiger partial charge is 0.0503 e. The summed E-state index contributed by atoms with van der Waals surface area (Å²) in [6.07, 6.45) is 5.62. The number of pyridine rings is 1. The van der Waals surface area contributed by atoms with Crippen LogP contribution in [0.4, 0.5) is 0 Å². The zero-order valence-corrected chi connectivity index (χ0v) is 9.50. The topological polar surface area (TPSA) is 42.0 Å². The SMILES string of the molecule is O=[S@](Cc1cccnc1)C1CCNCC1. The van der Waals surface area contributed by atoms with E-state index < -0.39 is 10.8 Å². The van der Waals surface area contributed by atoms with Gasteiger partial charge in [0.15, 0.2) is 0 Å². The molecule has 0 amide bonds. The maximum atomic E-state index is 12.0. The van der Waals surface area contributed by atoms with E-state index in [1.165, 1.54) is 0 Å². The monoisotopic (exact) mass is 224 g/mol. The first-order chi connectivity index (χ1) is 7.36. The predicted octanol–water partition coefficient (Wildman–Crippen LogP) is 1.08. The molecule has 2 rings (SSSR count). The average molecular weight is 224 g/mol. The van der Waals surface area contributed by atoms with Crippen LogP contribution in [-0.2, 0) is 16.6 Å². The van der Waals surface area contributed by atoms with Gasteiger partial charge in [-0.2, -0.15) is 0 Å². The van der Waals surface area contributed by atoms with Crippen LogP contribution >= 0.6 is 0 Å². The van der Waals surface area contributed by atoms with Crippen LogP contribution in [0.25, 0.3) is 0 Å². The largest absolute Gasteiger partial charge is 0.317 e. The number of aromatic nitrogens is 1. The summed E-state index contributed by atoms with van der Waals surface area (Å²) in [6, 6.07) is 3.89. The van der Waals surface area contributed by atoms with Crippen molar-refractivity contribution in [2.45, 2.75) is 23.8 Å². The van der Waals surface area contributed by atoms with E-state index in [0.717, 1.165) is 31.5 Å². The molecule has 0 aromatic carbocycles. The molecule has 1 aromatic rings. The van der Waals surface area contributed by atoms with Gasteiger partial charge in [0.1, 0.15) is 0 Å². The minimum absolute atomic E-state index is 0.367. The molecule has 0 aliphatic carbocycles. The highest BCUT2D eigenvalue weighted by molar-refractivity contribution is 7.84. The van der Waals surface area contributed by atoms with E-state index >= 15 is 0 Å². The third-order valence-electron chi connectivity index (χ3n) is 2.69. The molecule has 1 aliphatic heterocycles. The van der Waals surface area contributed by atoms with Gasteiger partial charge in [0.05, 0.1) is 5.75 Å². The van der Waals surface area contributed by atoms with Crippen molar-refractivity contribution in [3.8, 4) is 0 Å². The van der Waals surface area contributed by atoms with E-state index in [1.807, 2.05) is 12.1 Å². The maximum Gasteiger partial charge on any atom is 0.0503 e. The Kier molecular flexibility index (Phi) is 3.86. The Morgan fingerprint density at radius 2 is 2.27 bits per heavy atom. The van der Waals surface area contributed by atoms with Crippen molar-refractivity contribution in [3.05, 3.63) is 30.1 Å². The minimum atomic E-state index is -0.737. The Morgan fingerprint density at radius 3 is 2.93 bits per heavy atom. The molecule has 0 unspecified atom stereocenters. The van der Waals surface area contributed by atoms with Gasteiger partial charge in [-0.15, -0.1) is 0 Å². The van der Waals surface area contributed by atoms with E-state index in [4.69, 9.17) is 0 Å². The van der Waals surface area contributed by atoms with Gasteiger partial charge in [0, 0.05) is 28.4 Å². The molecular weight excluding hydrogens is 208 g/mol. The Labute approximate surface area is 92.8 Å². The van der Waals surface area contributed by atoms with Gasteiger partial charge in [-0.25, -0.2) is 0 Å². The van der Waals surface area contributed by atoms with Gasteiger partial charge in [-0.3, -0.25) is 9.19 Å². The summed E-state index contributed by atoms with van der Waals surface area (Å²) in [5, 5.41) is 3.65. The summed E-state index contributed by atoms with van der Waals surface area (Å²) < 4.78 is 12.0. The molecular formula is C11H16N2OS. The van der Waals surface area contributed by atoms with Crippen LogP contribution in [0.2, 0.25) is 0 Å². The number of piperidine rings is 1. The van der Waals surface area contributed by atoms with Gasteiger partial charge in [-0.05, 0) is 37.6 Å². The van der Waals surface area contributed by atoms with Crippen molar-refractivity contribution < 1.29 is 4.21 Å². The lowest BCUT2D eigenvalue weighted by atomic mass is 10.2. The van der Waals surface area contributed by atoms with Gasteiger partial charge in [-0.1, -0.05) is 6.07 Å². The number of hydrogen-bond acceptors (Lipinski definition) is 3. The second kappa shape index (κ2) is 5.37. The lowest BCUT2D eigenvalue weighted by Gasteiger charge is -2.21. The highest BCUT2D eigenvalue weighted by Crippen LogP contribution is 2.14. The first-order valence-corrected chi connectivity index (χ1v) is 6.71. The molecule has 1 fully saturated rings. The summed E-state index contributed by atoms with van der Waals surface area (Å²) in [5.41, 5.74) is 1.08. The molecule has 0 spiro atoms. The van der Waals surface area contributed by atoms with E-state index in [9.17, 15) is 4.21 Å². The fourth-order valence-electron chi connectivity index (χ4n) is 1.82. The summed E-state index contributed by atoms with van der Waals surface area (Å²) in [5.74, 6) is 0.651. The number of nitrogens with one attached hydrogen (secondary N) is 1. The fourth-order valence-corrected chi connectivity index (χ4v) is 3.32. The zero-order chi connectivity index (χ0) is 10.5. The molecule has 3 nitrogen and oxygen atoms in total. The van der Waals surface area contributed by atoms with Crippen molar-refractivity contribution in [1.82, 2.24) is 10.3 Å². The van der Waals surface area contributed by atoms with E-state index in [1.54, 1.807) is 12.4 Å². The minimum Gasteiger partial charge on any atom is -0.317 e. The van der Waals surface area contributed by atoms with Crippen LogP contribution in [0.15, 0.2) is 24.5 Å². The average Bonchev–Trinajstić information content (AvgIpc) is 2.31. The van der Waals surface area contributed by atoms with Crippen molar-refractivity contribution >= 4 is 10.8 Å². The zero-order valence-electron chi connectivity index (χ0n) is 8.69. The van der Waals surface area contributed by atoms with Crippen molar-refractivity contribution in [2.24, 2.45) is 0 Å². The van der Waals surface area contributed by atoms with Crippen molar-refractivity contribution in [2.75, 3.05) is 13.1 Å². The first-order valence-electron chi connectivity index (χ1n) is 5.33. The maximum absolute atomic E-state index is 12.0. The highest BCUT2D eigenvalue weighted by Gasteiger charge is 2.19. The number of rotatable bonds is 3. The summed E-state index contributed by atoms with van der Waals surface area (Å²) in [7, 11) is -0.737. The van der Waals surface area contributed by atoms with E-state index in [-0.39, 0.29) is 0 Å². The molecule has 1 N–H and O–H groups in total. The third kappa shape index (κ3) is 3.11. The summed E-state index contributed by atoms with van der Waals surface area (Å²) >= 11 is 0. The summed E-state index contributed by atoms with van der Waals surface area (Å²) in [6.45, 7) is 2.01. The lowest BCUT2D eigenvalue weighted by molar-refractivity contribution is 0.519. The van der Waals surface area contributed by atoms with Gasteiger partial charge in [0.25, 0.3) is 0 Å². The van der Waals surface area contributed by atoms with Gasteiger partial charge >= 0.3 is 0 Å². The Balaban J connectivity index is 1.91. The second-order valence-corrected chi connectivity index (χ2v) is 5.55. The molecule has 0 saturated carbocycles. The Morgan fingerprint density at radius 1 is 1.47 bits per heavy atom. The van der Waals surface area contributed by atoms with Crippen LogP contribution < -0.4 is 5.32 Å². The molecule has 15 heavy (non-hydrogen) atoms. The lowest BCUT2D eigenvalue weighted by Crippen LogP contribution is -2.33. The fraction of sp³-hybridized carbons (Fsp3) is 0.545. The Bertz CT molecular complexity index is 323. The highest BCUT2D eigenvalue weighted by atomic mass is 32.2. The van der Waals surface area contributed by atoms with Crippen LogP contribution in [0, 0.1) is 0 Å². The van der Waals surface area contributed by atoms with Gasteiger partial charge in [0.2, 0.25) is 0 Å². The molecule has 0 bridgehead atoms. The van der Waals surface area contributed by atoms with Crippen molar-refractivity contribution in [3.63, 3.8) is 0 Å². The normalized spacial score (nSPS) is 20.0. The molecule has 2 heterocycles. The van der Waals surface area contributed by atoms with E-state index in [2.05, 4.69) is 10.3 Å². The molecule has 1 aliphatic rings. The third-order valence-corrected chi connectivity index (χ3v) is 4.52. The number of nitrogens with zero attached hydrogens (tertiary/aromatic N) is 1. The van der Waals surface area contributed by atoms with Crippen LogP contribution in [0.5, 0.6) is 0 Å². The number of hydrogen-bond donors (Lipinski definition) is 1. The molecule has 1 saturated heterocycles.